The predicted molar refractivity (Wildman–Crippen MR) is 68.9 cm³/mol. The standard InChI is InChI=1S/C13H17ClN2O/c1-13(7-4-8-16-13)12(17)15-9-10-5-2-3-6-11(10)14/h2-3,5-6,16H,4,7-9H2,1H3,(H,15,17). The summed E-state index contributed by atoms with van der Waals surface area (Å²) in [5.41, 5.74) is 0.533. The highest BCUT2D eigenvalue weighted by Gasteiger charge is 2.35. The van der Waals surface area contributed by atoms with Crippen molar-refractivity contribution < 1.29 is 4.79 Å². The van der Waals surface area contributed by atoms with E-state index in [0.29, 0.717) is 11.6 Å². The molecule has 3 nitrogen and oxygen atoms in total. The molecule has 1 unspecified atom stereocenters. The number of benzene rings is 1. The van der Waals surface area contributed by atoms with E-state index in [-0.39, 0.29) is 5.91 Å². The first-order chi connectivity index (χ1) is 8.12. The van der Waals surface area contributed by atoms with Crippen molar-refractivity contribution in [3.63, 3.8) is 0 Å². The summed E-state index contributed by atoms with van der Waals surface area (Å²) in [5.74, 6) is 0.0509. The molecule has 0 radical (unpaired) electrons. The van der Waals surface area contributed by atoms with Gasteiger partial charge in [0.1, 0.15) is 0 Å². The number of halogens is 1. The van der Waals surface area contributed by atoms with Gasteiger partial charge in [-0.3, -0.25) is 4.79 Å². The van der Waals surface area contributed by atoms with E-state index in [1.54, 1.807) is 0 Å². The maximum absolute atomic E-state index is 12.0. The summed E-state index contributed by atoms with van der Waals surface area (Å²) in [6.45, 7) is 3.34. The molecule has 0 aliphatic carbocycles. The quantitative estimate of drug-likeness (QED) is 0.865. The number of hydrogen-bond donors (Lipinski definition) is 2. The summed E-state index contributed by atoms with van der Waals surface area (Å²) in [6.07, 6.45) is 1.94. The van der Waals surface area contributed by atoms with E-state index >= 15 is 0 Å². The Morgan fingerprint density at radius 2 is 2.29 bits per heavy atom. The van der Waals surface area contributed by atoms with Gasteiger partial charge in [0.05, 0.1) is 5.54 Å². The lowest BCUT2D eigenvalue weighted by Crippen LogP contribution is -2.50. The molecule has 1 aromatic rings. The number of amides is 1. The van der Waals surface area contributed by atoms with Gasteiger partial charge in [0.2, 0.25) is 5.91 Å². The highest BCUT2D eigenvalue weighted by molar-refractivity contribution is 6.31. The Kier molecular flexibility index (Phi) is 3.69. The van der Waals surface area contributed by atoms with E-state index in [9.17, 15) is 4.79 Å². The van der Waals surface area contributed by atoms with Gasteiger partial charge < -0.3 is 10.6 Å². The highest BCUT2D eigenvalue weighted by Crippen LogP contribution is 2.19. The van der Waals surface area contributed by atoms with Crippen LogP contribution in [0.4, 0.5) is 0 Å². The molecule has 1 amide bonds. The molecular weight excluding hydrogens is 236 g/mol. The van der Waals surface area contributed by atoms with Gasteiger partial charge in [-0.1, -0.05) is 29.8 Å². The lowest BCUT2D eigenvalue weighted by Gasteiger charge is -2.23. The van der Waals surface area contributed by atoms with Gasteiger partial charge in [0.25, 0.3) is 0 Å². The van der Waals surface area contributed by atoms with Crippen LogP contribution in [-0.2, 0) is 11.3 Å². The molecule has 0 aromatic heterocycles. The van der Waals surface area contributed by atoms with Crippen molar-refractivity contribution in [2.24, 2.45) is 0 Å². The van der Waals surface area contributed by atoms with Crippen molar-refractivity contribution in [1.29, 1.82) is 0 Å². The fraction of sp³-hybridized carbons (Fsp3) is 0.462. The summed E-state index contributed by atoms with van der Waals surface area (Å²) in [5, 5.41) is 6.87. The number of carbonyl (C=O) groups is 1. The van der Waals surface area contributed by atoms with Gasteiger partial charge in [0.15, 0.2) is 0 Å². The maximum Gasteiger partial charge on any atom is 0.240 e. The molecule has 0 spiro atoms. The molecule has 1 heterocycles. The minimum atomic E-state index is -0.415. The van der Waals surface area contributed by atoms with Crippen LogP contribution < -0.4 is 10.6 Å². The lowest BCUT2D eigenvalue weighted by atomic mass is 9.99. The van der Waals surface area contributed by atoms with Crippen LogP contribution in [0.5, 0.6) is 0 Å². The molecule has 1 atom stereocenters. The minimum Gasteiger partial charge on any atom is -0.350 e. The summed E-state index contributed by atoms with van der Waals surface area (Å²) in [6, 6.07) is 7.56. The second kappa shape index (κ2) is 5.07. The molecule has 0 bridgehead atoms. The fourth-order valence-electron chi connectivity index (χ4n) is 2.10. The summed E-state index contributed by atoms with van der Waals surface area (Å²) >= 11 is 6.04. The minimum absolute atomic E-state index is 0.0509. The van der Waals surface area contributed by atoms with Crippen LogP contribution in [0.2, 0.25) is 5.02 Å². The van der Waals surface area contributed by atoms with Crippen molar-refractivity contribution in [2.75, 3.05) is 6.54 Å². The zero-order valence-electron chi connectivity index (χ0n) is 9.92. The number of carbonyl (C=O) groups excluding carboxylic acids is 1. The Morgan fingerprint density at radius 3 is 2.94 bits per heavy atom. The smallest absolute Gasteiger partial charge is 0.240 e. The molecule has 1 saturated heterocycles. The topological polar surface area (TPSA) is 41.1 Å². The zero-order chi connectivity index (χ0) is 12.3. The first kappa shape index (κ1) is 12.4. The molecule has 1 aromatic carbocycles. The lowest BCUT2D eigenvalue weighted by molar-refractivity contribution is -0.126. The SMILES string of the molecule is CC1(C(=O)NCc2ccccc2Cl)CCCN1. The first-order valence-corrected chi connectivity index (χ1v) is 6.26. The van der Waals surface area contributed by atoms with Crippen LogP contribution >= 0.6 is 11.6 Å². The molecule has 4 heteroatoms. The van der Waals surface area contributed by atoms with Crippen LogP contribution in [0.1, 0.15) is 25.3 Å². The normalized spacial score (nSPS) is 23.6. The van der Waals surface area contributed by atoms with E-state index in [1.165, 1.54) is 0 Å². The van der Waals surface area contributed by atoms with E-state index < -0.39 is 5.54 Å². The van der Waals surface area contributed by atoms with Crippen molar-refractivity contribution in [1.82, 2.24) is 10.6 Å². The van der Waals surface area contributed by atoms with E-state index in [2.05, 4.69) is 10.6 Å². The van der Waals surface area contributed by atoms with E-state index in [1.807, 2.05) is 31.2 Å². The monoisotopic (exact) mass is 252 g/mol. The van der Waals surface area contributed by atoms with E-state index in [0.717, 1.165) is 24.9 Å². The molecule has 1 aliphatic rings. The zero-order valence-corrected chi connectivity index (χ0v) is 10.7. The Hall–Kier alpha value is -1.06. The van der Waals surface area contributed by atoms with Crippen molar-refractivity contribution in [3.05, 3.63) is 34.9 Å². The Labute approximate surface area is 107 Å². The average Bonchev–Trinajstić information content (AvgIpc) is 2.76. The van der Waals surface area contributed by atoms with Crippen molar-refractivity contribution in [2.45, 2.75) is 31.8 Å². The molecule has 17 heavy (non-hydrogen) atoms. The maximum atomic E-state index is 12.0. The third-order valence-electron chi connectivity index (χ3n) is 3.27. The van der Waals surface area contributed by atoms with Crippen LogP contribution in [-0.4, -0.2) is 18.0 Å². The number of nitrogens with one attached hydrogen (secondary N) is 2. The van der Waals surface area contributed by atoms with Gasteiger partial charge in [0, 0.05) is 11.6 Å². The second-order valence-corrected chi connectivity index (χ2v) is 5.04. The number of rotatable bonds is 3. The molecule has 1 aliphatic heterocycles. The second-order valence-electron chi connectivity index (χ2n) is 4.64. The van der Waals surface area contributed by atoms with Crippen molar-refractivity contribution >= 4 is 17.5 Å². The fourth-order valence-corrected chi connectivity index (χ4v) is 2.30. The van der Waals surface area contributed by atoms with Crippen LogP contribution in [0.3, 0.4) is 0 Å². The Morgan fingerprint density at radius 1 is 1.53 bits per heavy atom. The molecular formula is C13H17ClN2O. The first-order valence-electron chi connectivity index (χ1n) is 5.88. The molecule has 2 rings (SSSR count). The predicted octanol–water partition coefficient (Wildman–Crippen LogP) is 2.10. The Balaban J connectivity index is 1.94. The van der Waals surface area contributed by atoms with Crippen molar-refractivity contribution in [3.8, 4) is 0 Å². The van der Waals surface area contributed by atoms with Crippen LogP contribution in [0, 0.1) is 0 Å². The van der Waals surface area contributed by atoms with Gasteiger partial charge in [-0.05, 0) is 37.9 Å². The summed E-state index contributed by atoms with van der Waals surface area (Å²) in [7, 11) is 0. The molecule has 0 saturated carbocycles. The third-order valence-corrected chi connectivity index (χ3v) is 3.64. The molecule has 92 valence electrons. The Bertz CT molecular complexity index is 414. The number of hydrogen-bond acceptors (Lipinski definition) is 2. The van der Waals surface area contributed by atoms with Gasteiger partial charge in [-0.15, -0.1) is 0 Å². The highest BCUT2D eigenvalue weighted by atomic mass is 35.5. The summed E-state index contributed by atoms with van der Waals surface area (Å²) < 4.78 is 0. The largest absolute Gasteiger partial charge is 0.350 e. The van der Waals surface area contributed by atoms with Gasteiger partial charge >= 0.3 is 0 Å². The average molecular weight is 253 g/mol. The molecule has 1 fully saturated rings. The third kappa shape index (κ3) is 2.79. The molecule has 2 N–H and O–H groups in total. The van der Waals surface area contributed by atoms with Gasteiger partial charge in [-0.25, -0.2) is 0 Å². The van der Waals surface area contributed by atoms with Crippen LogP contribution in [0.15, 0.2) is 24.3 Å². The van der Waals surface area contributed by atoms with E-state index in [4.69, 9.17) is 11.6 Å². The summed E-state index contributed by atoms with van der Waals surface area (Å²) in [4.78, 5) is 12.0. The van der Waals surface area contributed by atoms with Crippen LogP contribution in [0.25, 0.3) is 0 Å². The van der Waals surface area contributed by atoms with Gasteiger partial charge in [-0.2, -0.15) is 0 Å².